The number of hydrogen-bond acceptors (Lipinski definition) is 6. The molecule has 26 heavy (non-hydrogen) atoms. The second-order valence-electron chi connectivity index (χ2n) is 5.42. The van der Waals surface area contributed by atoms with Gasteiger partial charge in [0.1, 0.15) is 12.1 Å². The summed E-state index contributed by atoms with van der Waals surface area (Å²) >= 11 is 0. The van der Waals surface area contributed by atoms with Crippen LogP contribution in [0.3, 0.4) is 0 Å². The molecule has 0 spiro atoms. The van der Waals surface area contributed by atoms with E-state index in [1.54, 1.807) is 49.4 Å². The molecular weight excluding hydrogens is 336 g/mol. The van der Waals surface area contributed by atoms with Crippen molar-refractivity contribution in [3.8, 4) is 0 Å². The summed E-state index contributed by atoms with van der Waals surface area (Å²) < 4.78 is 5.92. The quantitative estimate of drug-likeness (QED) is 0.700. The molecule has 0 aliphatic heterocycles. The SMILES string of the molecule is CCOC(=O)c1cccc(NC(=O)Cn2nnc3ccccc3c2=O)c1. The largest absolute Gasteiger partial charge is 0.462 e. The molecule has 2 aromatic carbocycles. The minimum absolute atomic E-state index is 0.263. The van der Waals surface area contributed by atoms with E-state index < -0.39 is 17.4 Å². The van der Waals surface area contributed by atoms with E-state index >= 15 is 0 Å². The van der Waals surface area contributed by atoms with Gasteiger partial charge in [0.2, 0.25) is 5.91 Å². The average molecular weight is 352 g/mol. The van der Waals surface area contributed by atoms with Gasteiger partial charge < -0.3 is 10.1 Å². The van der Waals surface area contributed by atoms with Crippen molar-refractivity contribution in [2.24, 2.45) is 0 Å². The molecule has 132 valence electrons. The highest BCUT2D eigenvalue weighted by atomic mass is 16.5. The van der Waals surface area contributed by atoms with Crippen molar-refractivity contribution < 1.29 is 14.3 Å². The van der Waals surface area contributed by atoms with Crippen LogP contribution >= 0.6 is 0 Å². The molecule has 1 amide bonds. The Morgan fingerprint density at radius 1 is 1.15 bits per heavy atom. The van der Waals surface area contributed by atoms with Crippen LogP contribution in [0.1, 0.15) is 17.3 Å². The Kier molecular flexibility index (Phi) is 5.02. The second-order valence-corrected chi connectivity index (χ2v) is 5.42. The van der Waals surface area contributed by atoms with E-state index in [0.29, 0.717) is 22.2 Å². The van der Waals surface area contributed by atoms with Crippen molar-refractivity contribution in [1.82, 2.24) is 15.0 Å². The molecule has 8 heteroatoms. The Bertz CT molecular complexity index is 1030. The third kappa shape index (κ3) is 3.75. The average Bonchev–Trinajstić information content (AvgIpc) is 2.64. The minimum atomic E-state index is -0.472. The molecule has 3 rings (SSSR count). The minimum Gasteiger partial charge on any atom is -0.462 e. The number of hydrogen-bond donors (Lipinski definition) is 1. The topological polar surface area (TPSA) is 103 Å². The van der Waals surface area contributed by atoms with Gasteiger partial charge in [0.05, 0.1) is 17.6 Å². The van der Waals surface area contributed by atoms with E-state index in [-0.39, 0.29) is 13.2 Å². The van der Waals surface area contributed by atoms with Crippen LogP contribution in [-0.2, 0) is 16.1 Å². The fourth-order valence-electron chi connectivity index (χ4n) is 2.40. The van der Waals surface area contributed by atoms with Gasteiger partial charge in [-0.05, 0) is 37.3 Å². The molecule has 1 heterocycles. The fraction of sp³-hybridized carbons (Fsp3) is 0.167. The Morgan fingerprint density at radius 2 is 1.96 bits per heavy atom. The van der Waals surface area contributed by atoms with Crippen LogP contribution in [0.4, 0.5) is 5.69 Å². The van der Waals surface area contributed by atoms with Crippen molar-refractivity contribution in [2.45, 2.75) is 13.5 Å². The van der Waals surface area contributed by atoms with Gasteiger partial charge in [-0.1, -0.05) is 23.4 Å². The van der Waals surface area contributed by atoms with Gasteiger partial charge in [0.25, 0.3) is 5.56 Å². The van der Waals surface area contributed by atoms with Crippen molar-refractivity contribution in [2.75, 3.05) is 11.9 Å². The number of nitrogens with zero attached hydrogens (tertiary/aromatic N) is 3. The lowest BCUT2D eigenvalue weighted by molar-refractivity contribution is -0.117. The van der Waals surface area contributed by atoms with E-state index in [1.807, 2.05) is 0 Å². The van der Waals surface area contributed by atoms with E-state index in [0.717, 1.165) is 4.68 Å². The van der Waals surface area contributed by atoms with Gasteiger partial charge in [0, 0.05) is 5.69 Å². The number of esters is 1. The van der Waals surface area contributed by atoms with E-state index in [1.165, 1.54) is 6.07 Å². The Morgan fingerprint density at radius 3 is 2.77 bits per heavy atom. The molecule has 0 radical (unpaired) electrons. The van der Waals surface area contributed by atoms with Crippen LogP contribution in [0.5, 0.6) is 0 Å². The van der Waals surface area contributed by atoms with Crippen molar-refractivity contribution in [3.05, 3.63) is 64.4 Å². The zero-order valence-electron chi connectivity index (χ0n) is 14.0. The van der Waals surface area contributed by atoms with E-state index in [4.69, 9.17) is 4.74 Å². The first kappa shape index (κ1) is 17.3. The molecule has 0 atom stereocenters. The standard InChI is InChI=1S/C18H16N4O4/c1-2-26-18(25)12-6-5-7-13(10-12)19-16(23)11-22-17(24)14-8-3-4-9-15(14)20-21-22/h3-10H,2,11H2,1H3,(H,19,23). The zero-order valence-corrected chi connectivity index (χ0v) is 14.0. The monoisotopic (exact) mass is 352 g/mol. The first-order valence-corrected chi connectivity index (χ1v) is 7.98. The number of carbonyl (C=O) groups excluding carboxylic acids is 2. The number of carbonyl (C=O) groups is 2. The number of ether oxygens (including phenoxy) is 1. The number of anilines is 1. The molecule has 3 aromatic rings. The molecule has 0 bridgehead atoms. The van der Waals surface area contributed by atoms with Gasteiger partial charge >= 0.3 is 5.97 Å². The van der Waals surface area contributed by atoms with Gasteiger partial charge in [-0.3, -0.25) is 9.59 Å². The molecule has 0 saturated carbocycles. The van der Waals surface area contributed by atoms with Crippen LogP contribution in [-0.4, -0.2) is 33.5 Å². The maximum absolute atomic E-state index is 12.4. The first-order chi connectivity index (χ1) is 12.6. The van der Waals surface area contributed by atoms with Crippen LogP contribution in [0.2, 0.25) is 0 Å². The number of rotatable bonds is 5. The van der Waals surface area contributed by atoms with Crippen LogP contribution < -0.4 is 10.9 Å². The van der Waals surface area contributed by atoms with Crippen LogP contribution in [0.15, 0.2) is 53.3 Å². The highest BCUT2D eigenvalue weighted by Gasteiger charge is 2.11. The number of nitrogens with one attached hydrogen (secondary N) is 1. The molecule has 0 aliphatic carbocycles. The van der Waals surface area contributed by atoms with E-state index in [9.17, 15) is 14.4 Å². The highest BCUT2D eigenvalue weighted by molar-refractivity contribution is 5.94. The highest BCUT2D eigenvalue weighted by Crippen LogP contribution is 2.12. The predicted molar refractivity (Wildman–Crippen MR) is 94.8 cm³/mol. The lowest BCUT2D eigenvalue weighted by Crippen LogP contribution is -2.30. The lowest BCUT2D eigenvalue weighted by Gasteiger charge is -2.08. The fourth-order valence-corrected chi connectivity index (χ4v) is 2.40. The summed E-state index contributed by atoms with van der Waals surface area (Å²) in [6.45, 7) is 1.69. The summed E-state index contributed by atoms with van der Waals surface area (Å²) in [4.78, 5) is 36.3. The van der Waals surface area contributed by atoms with Crippen molar-refractivity contribution in [3.63, 3.8) is 0 Å². The summed E-state index contributed by atoms with van der Waals surface area (Å²) in [5.74, 6) is -0.932. The smallest absolute Gasteiger partial charge is 0.338 e. The Labute approximate surface area is 148 Å². The summed E-state index contributed by atoms with van der Waals surface area (Å²) in [5.41, 5.74) is 0.817. The third-order valence-corrected chi connectivity index (χ3v) is 3.58. The number of fused-ring (bicyclic) bond motifs is 1. The molecule has 0 saturated heterocycles. The molecule has 8 nitrogen and oxygen atoms in total. The number of amides is 1. The van der Waals surface area contributed by atoms with Crippen molar-refractivity contribution in [1.29, 1.82) is 0 Å². The molecular formula is C18H16N4O4. The molecule has 0 aliphatic rings. The Hall–Kier alpha value is -3.55. The second kappa shape index (κ2) is 7.56. The number of aromatic nitrogens is 3. The van der Waals surface area contributed by atoms with Crippen LogP contribution in [0, 0.1) is 0 Å². The molecule has 0 fully saturated rings. The maximum Gasteiger partial charge on any atom is 0.338 e. The van der Waals surface area contributed by atoms with Crippen molar-refractivity contribution >= 4 is 28.5 Å². The van der Waals surface area contributed by atoms with Gasteiger partial charge in [-0.15, -0.1) is 5.10 Å². The maximum atomic E-state index is 12.4. The van der Waals surface area contributed by atoms with Gasteiger partial charge in [-0.25, -0.2) is 9.48 Å². The zero-order chi connectivity index (χ0) is 18.5. The van der Waals surface area contributed by atoms with Gasteiger partial charge in [0.15, 0.2) is 0 Å². The summed E-state index contributed by atoms with van der Waals surface area (Å²) in [6, 6.07) is 13.1. The first-order valence-electron chi connectivity index (χ1n) is 7.98. The summed E-state index contributed by atoms with van der Waals surface area (Å²) in [6.07, 6.45) is 0. The summed E-state index contributed by atoms with van der Waals surface area (Å²) in [7, 11) is 0. The lowest BCUT2D eigenvalue weighted by atomic mass is 10.2. The molecule has 1 aromatic heterocycles. The third-order valence-electron chi connectivity index (χ3n) is 3.58. The molecule has 1 N–H and O–H groups in total. The normalized spacial score (nSPS) is 10.5. The van der Waals surface area contributed by atoms with Crippen LogP contribution in [0.25, 0.3) is 10.9 Å². The molecule has 0 unspecified atom stereocenters. The summed E-state index contributed by atoms with van der Waals surface area (Å²) in [5, 5.41) is 10.7. The number of benzene rings is 2. The Balaban J connectivity index is 1.75. The predicted octanol–water partition coefficient (Wildman–Crippen LogP) is 1.61. The van der Waals surface area contributed by atoms with Gasteiger partial charge in [-0.2, -0.15) is 0 Å². The van der Waals surface area contributed by atoms with E-state index in [2.05, 4.69) is 15.6 Å².